The number of rotatable bonds is 5. The number of aromatic nitrogens is 1. The number of alkyl halides is 1. The summed E-state index contributed by atoms with van der Waals surface area (Å²) in [6, 6.07) is 3.45. The SMILES string of the molecule is CC1(Cl)C=CC=CC1S(=O)(=O)C1CCN(c2nc(Cc3cc(F)cc(F)c3)cs2)CC1. The van der Waals surface area contributed by atoms with E-state index in [0.29, 0.717) is 37.9 Å². The fraction of sp³-hybridized carbons (Fsp3) is 0.409. The first-order valence-corrected chi connectivity index (χ1v) is 12.9. The minimum Gasteiger partial charge on any atom is -0.348 e. The Morgan fingerprint density at radius 3 is 2.52 bits per heavy atom. The molecule has 4 nitrogen and oxygen atoms in total. The van der Waals surface area contributed by atoms with Crippen LogP contribution in [0.5, 0.6) is 0 Å². The van der Waals surface area contributed by atoms with Crippen LogP contribution >= 0.6 is 22.9 Å². The molecule has 1 aliphatic carbocycles. The Hall–Kier alpha value is -1.77. The van der Waals surface area contributed by atoms with Gasteiger partial charge in [0.1, 0.15) is 16.9 Å². The predicted octanol–water partition coefficient (Wildman–Crippen LogP) is 4.89. The van der Waals surface area contributed by atoms with Crippen molar-refractivity contribution >= 4 is 37.9 Å². The molecule has 2 aromatic rings. The van der Waals surface area contributed by atoms with Crippen molar-refractivity contribution in [2.24, 2.45) is 0 Å². The normalized spacial score (nSPS) is 24.6. The summed E-state index contributed by atoms with van der Waals surface area (Å²) in [7, 11) is -3.43. The standard InChI is InChI=1S/C22H23ClF2N2O2S2/c1-22(23)7-3-2-4-20(22)31(28,29)19-5-8-27(9-6-19)21-26-18(14-30-21)12-15-10-16(24)13-17(25)11-15/h2-4,7,10-11,13-14,19-20H,5-6,8-9,12H2,1H3. The van der Waals surface area contributed by atoms with Gasteiger partial charge in [-0.2, -0.15) is 0 Å². The summed E-state index contributed by atoms with van der Waals surface area (Å²) in [5, 5.41) is 1.49. The lowest BCUT2D eigenvalue weighted by molar-refractivity contribution is 0.518. The first kappa shape index (κ1) is 22.4. The van der Waals surface area contributed by atoms with Crippen molar-refractivity contribution in [2.75, 3.05) is 18.0 Å². The van der Waals surface area contributed by atoms with Gasteiger partial charge in [0.2, 0.25) is 0 Å². The van der Waals surface area contributed by atoms with Crippen molar-refractivity contribution in [3.05, 3.63) is 70.8 Å². The van der Waals surface area contributed by atoms with Crippen molar-refractivity contribution in [3.63, 3.8) is 0 Å². The number of allylic oxidation sites excluding steroid dienone is 3. The van der Waals surface area contributed by atoms with E-state index in [1.807, 2.05) is 5.38 Å². The number of hydrogen-bond acceptors (Lipinski definition) is 5. The molecule has 2 unspecified atom stereocenters. The van der Waals surface area contributed by atoms with E-state index in [-0.39, 0.29) is 0 Å². The molecular weight excluding hydrogens is 462 g/mol. The van der Waals surface area contributed by atoms with Crippen LogP contribution < -0.4 is 4.90 Å². The van der Waals surface area contributed by atoms with Gasteiger partial charge >= 0.3 is 0 Å². The van der Waals surface area contributed by atoms with Crippen molar-refractivity contribution in [1.29, 1.82) is 0 Å². The van der Waals surface area contributed by atoms with E-state index in [2.05, 4.69) is 9.88 Å². The van der Waals surface area contributed by atoms with Crippen LogP contribution in [0.1, 0.15) is 31.0 Å². The van der Waals surface area contributed by atoms with E-state index in [1.165, 1.54) is 23.5 Å². The minimum absolute atomic E-state index is 0.339. The van der Waals surface area contributed by atoms with Gasteiger partial charge in [0, 0.05) is 31.0 Å². The van der Waals surface area contributed by atoms with E-state index < -0.39 is 36.8 Å². The molecule has 0 amide bonds. The van der Waals surface area contributed by atoms with Crippen LogP contribution in [0.2, 0.25) is 0 Å². The van der Waals surface area contributed by atoms with Crippen LogP contribution in [0.3, 0.4) is 0 Å². The Kier molecular flexibility index (Phi) is 6.25. The Morgan fingerprint density at radius 1 is 1.19 bits per heavy atom. The number of nitrogens with zero attached hydrogens (tertiary/aromatic N) is 2. The summed E-state index contributed by atoms with van der Waals surface area (Å²) in [5.74, 6) is -1.21. The third kappa shape index (κ3) is 4.86. The maximum absolute atomic E-state index is 13.4. The highest BCUT2D eigenvalue weighted by Gasteiger charge is 2.44. The van der Waals surface area contributed by atoms with Gasteiger partial charge in [-0.15, -0.1) is 22.9 Å². The highest BCUT2D eigenvalue weighted by molar-refractivity contribution is 7.93. The molecule has 0 N–H and O–H groups in total. The molecule has 0 saturated carbocycles. The Bertz CT molecular complexity index is 1100. The quantitative estimate of drug-likeness (QED) is 0.567. The molecule has 2 atom stereocenters. The lowest BCUT2D eigenvalue weighted by Gasteiger charge is -2.36. The summed E-state index contributed by atoms with van der Waals surface area (Å²) in [4.78, 5) is 5.73. The molecule has 166 valence electrons. The highest BCUT2D eigenvalue weighted by Crippen LogP contribution is 2.36. The number of sulfone groups is 1. The average molecular weight is 485 g/mol. The van der Waals surface area contributed by atoms with Gasteiger partial charge in [0.25, 0.3) is 0 Å². The first-order chi connectivity index (χ1) is 14.6. The van der Waals surface area contributed by atoms with Crippen molar-refractivity contribution in [3.8, 4) is 0 Å². The van der Waals surface area contributed by atoms with E-state index in [1.54, 1.807) is 31.2 Å². The number of halogens is 3. The summed E-state index contributed by atoms with van der Waals surface area (Å²) >= 11 is 7.93. The monoisotopic (exact) mass is 484 g/mol. The van der Waals surface area contributed by atoms with Gasteiger partial charge in [-0.1, -0.05) is 24.3 Å². The smallest absolute Gasteiger partial charge is 0.185 e. The van der Waals surface area contributed by atoms with Gasteiger partial charge < -0.3 is 4.90 Å². The molecule has 4 rings (SSSR count). The number of hydrogen-bond donors (Lipinski definition) is 0. The van der Waals surface area contributed by atoms with Gasteiger partial charge in [0.15, 0.2) is 15.0 Å². The second-order valence-electron chi connectivity index (χ2n) is 8.17. The summed E-state index contributed by atoms with van der Waals surface area (Å²) in [6.07, 6.45) is 8.28. The second kappa shape index (κ2) is 8.64. The van der Waals surface area contributed by atoms with Crippen LogP contribution in [0, 0.1) is 11.6 Å². The molecule has 1 saturated heterocycles. The van der Waals surface area contributed by atoms with Crippen LogP contribution in [0.4, 0.5) is 13.9 Å². The topological polar surface area (TPSA) is 50.3 Å². The molecule has 2 heterocycles. The summed E-state index contributed by atoms with van der Waals surface area (Å²) < 4.78 is 53.2. The molecule has 2 aliphatic rings. The van der Waals surface area contributed by atoms with Gasteiger partial charge in [0.05, 0.1) is 15.8 Å². The Balaban J connectivity index is 1.40. The molecule has 1 aromatic carbocycles. The van der Waals surface area contributed by atoms with E-state index in [0.717, 1.165) is 16.9 Å². The summed E-state index contributed by atoms with van der Waals surface area (Å²) in [5.41, 5.74) is 1.26. The Morgan fingerprint density at radius 2 is 1.87 bits per heavy atom. The molecular formula is C22H23ClF2N2O2S2. The lowest BCUT2D eigenvalue weighted by atomic mass is 10.0. The zero-order chi connectivity index (χ0) is 22.2. The number of piperidine rings is 1. The van der Waals surface area contributed by atoms with Gasteiger partial charge in [-0.25, -0.2) is 22.2 Å². The van der Waals surface area contributed by atoms with E-state index in [9.17, 15) is 17.2 Å². The van der Waals surface area contributed by atoms with Crippen LogP contribution in [-0.4, -0.2) is 41.9 Å². The zero-order valence-electron chi connectivity index (χ0n) is 17.0. The van der Waals surface area contributed by atoms with Gasteiger partial charge in [-0.3, -0.25) is 0 Å². The van der Waals surface area contributed by atoms with Crippen LogP contribution in [-0.2, 0) is 16.3 Å². The molecule has 1 aliphatic heterocycles. The number of benzene rings is 1. The van der Waals surface area contributed by atoms with Gasteiger partial charge in [-0.05, 0) is 37.5 Å². The molecule has 9 heteroatoms. The summed E-state index contributed by atoms with van der Waals surface area (Å²) in [6.45, 7) is 2.89. The fourth-order valence-corrected chi connectivity index (χ4v) is 7.86. The molecule has 31 heavy (non-hydrogen) atoms. The molecule has 0 spiro atoms. The van der Waals surface area contributed by atoms with E-state index >= 15 is 0 Å². The van der Waals surface area contributed by atoms with Crippen molar-refractivity contribution in [1.82, 2.24) is 4.98 Å². The average Bonchev–Trinajstić information content (AvgIpc) is 3.15. The van der Waals surface area contributed by atoms with Crippen molar-refractivity contribution < 1.29 is 17.2 Å². The Labute approximate surface area is 190 Å². The number of thiazole rings is 1. The molecule has 0 radical (unpaired) electrons. The third-order valence-electron chi connectivity index (χ3n) is 5.75. The van der Waals surface area contributed by atoms with Crippen molar-refractivity contribution in [2.45, 2.75) is 41.6 Å². The molecule has 0 bridgehead atoms. The second-order valence-corrected chi connectivity index (χ2v) is 12.2. The fourth-order valence-electron chi connectivity index (χ4n) is 4.15. The minimum atomic E-state index is -3.43. The third-order valence-corrected chi connectivity index (χ3v) is 9.95. The maximum atomic E-state index is 13.4. The first-order valence-electron chi connectivity index (χ1n) is 10.1. The largest absolute Gasteiger partial charge is 0.348 e. The number of anilines is 1. The molecule has 1 fully saturated rings. The molecule has 1 aromatic heterocycles. The lowest BCUT2D eigenvalue weighted by Crippen LogP contribution is -2.47. The van der Waals surface area contributed by atoms with Crippen LogP contribution in [0.15, 0.2) is 47.9 Å². The van der Waals surface area contributed by atoms with E-state index in [4.69, 9.17) is 11.6 Å². The zero-order valence-corrected chi connectivity index (χ0v) is 19.4. The highest BCUT2D eigenvalue weighted by atomic mass is 35.5. The maximum Gasteiger partial charge on any atom is 0.185 e. The predicted molar refractivity (Wildman–Crippen MR) is 122 cm³/mol. The van der Waals surface area contributed by atoms with Crippen LogP contribution in [0.25, 0.3) is 0 Å².